The molecule has 1 rings (SSSR count). The Labute approximate surface area is 85.0 Å². The molecule has 2 N–H and O–H groups in total. The van der Waals surface area contributed by atoms with Gasteiger partial charge in [0.1, 0.15) is 6.10 Å². The summed E-state index contributed by atoms with van der Waals surface area (Å²) in [6.45, 7) is 0. The van der Waals surface area contributed by atoms with E-state index in [1.165, 1.54) is 11.3 Å². The number of hydrogen-bond donors (Lipinski definition) is 2. The second-order valence-corrected chi connectivity index (χ2v) is 3.52. The van der Waals surface area contributed by atoms with Crippen molar-refractivity contribution in [2.75, 3.05) is 0 Å². The minimum absolute atomic E-state index is 0.157. The topological polar surface area (TPSA) is 81.3 Å². The van der Waals surface area contributed by atoms with Gasteiger partial charge in [0.2, 0.25) is 0 Å². The van der Waals surface area contributed by atoms with Crippen molar-refractivity contribution in [3.63, 3.8) is 0 Å². The van der Waals surface area contributed by atoms with Crippen molar-refractivity contribution in [1.82, 2.24) is 0 Å². The normalized spacial score (nSPS) is 14.4. The molecule has 0 spiro atoms. The van der Waals surface area contributed by atoms with Crippen LogP contribution in [-0.2, 0) is 0 Å². The Hall–Kier alpha value is -1.22. The van der Waals surface area contributed by atoms with Crippen molar-refractivity contribution in [2.24, 2.45) is 0 Å². The van der Waals surface area contributed by atoms with Gasteiger partial charge in [-0.05, 0) is 5.38 Å². The van der Waals surface area contributed by atoms with Gasteiger partial charge in [0.25, 0.3) is 0 Å². The van der Waals surface area contributed by atoms with E-state index in [1.54, 1.807) is 16.8 Å². The van der Waals surface area contributed by atoms with Gasteiger partial charge in [-0.1, -0.05) is 0 Å². The summed E-state index contributed by atoms with van der Waals surface area (Å²) in [5.74, 6) is 0. The molecule has 1 aromatic heterocycles. The summed E-state index contributed by atoms with van der Waals surface area (Å²) >= 11 is 1.27. The maximum absolute atomic E-state index is 10.5. The van der Waals surface area contributed by atoms with Crippen molar-refractivity contribution in [3.05, 3.63) is 21.9 Å². The van der Waals surface area contributed by atoms with E-state index >= 15 is 0 Å². The minimum atomic E-state index is -1.17. The zero-order valence-corrected chi connectivity index (χ0v) is 8.07. The van der Waals surface area contributed by atoms with Gasteiger partial charge >= 0.3 is 0 Å². The van der Waals surface area contributed by atoms with Crippen LogP contribution in [-0.4, -0.2) is 22.6 Å². The number of aliphatic hydroxyl groups is 2. The molecule has 5 heteroatoms. The summed E-state index contributed by atoms with van der Waals surface area (Å²) in [5.41, 5.74) is 0.743. The minimum Gasteiger partial charge on any atom is -0.389 e. The molecule has 0 saturated carbocycles. The highest BCUT2D eigenvalue weighted by Crippen LogP contribution is 2.24. The van der Waals surface area contributed by atoms with Crippen molar-refractivity contribution in [1.29, 1.82) is 5.26 Å². The number of aliphatic hydroxyl groups excluding tert-OH is 2. The molecule has 1 aromatic rings. The summed E-state index contributed by atoms with van der Waals surface area (Å²) in [4.78, 5) is 10.5. The number of thiophene rings is 1. The van der Waals surface area contributed by atoms with Crippen LogP contribution in [0.5, 0.6) is 0 Å². The number of nitrogens with zero attached hydrogens (tertiary/aromatic N) is 1. The van der Waals surface area contributed by atoms with Crippen molar-refractivity contribution in [2.45, 2.75) is 18.6 Å². The van der Waals surface area contributed by atoms with Crippen LogP contribution >= 0.6 is 11.3 Å². The number of carbonyl (C=O) groups is 1. The van der Waals surface area contributed by atoms with Gasteiger partial charge in [-0.3, -0.25) is 4.79 Å². The van der Waals surface area contributed by atoms with Gasteiger partial charge in [0, 0.05) is 16.5 Å². The van der Waals surface area contributed by atoms with E-state index in [0.717, 1.165) is 0 Å². The highest BCUT2D eigenvalue weighted by atomic mass is 32.1. The molecule has 0 aliphatic rings. The van der Waals surface area contributed by atoms with Crippen molar-refractivity contribution in [3.8, 4) is 6.07 Å². The van der Waals surface area contributed by atoms with Crippen LogP contribution < -0.4 is 0 Å². The summed E-state index contributed by atoms with van der Waals surface area (Å²) in [5, 5.41) is 30.4. The lowest BCUT2D eigenvalue weighted by Crippen LogP contribution is -2.17. The summed E-state index contributed by atoms with van der Waals surface area (Å²) in [6.07, 6.45) is -1.85. The van der Waals surface area contributed by atoms with E-state index in [1.807, 2.05) is 0 Å². The average Bonchev–Trinajstić information content (AvgIpc) is 2.64. The molecule has 0 aliphatic carbocycles. The molecule has 0 bridgehead atoms. The van der Waals surface area contributed by atoms with E-state index in [9.17, 15) is 15.0 Å². The first kappa shape index (κ1) is 10.9. The van der Waals surface area contributed by atoms with Gasteiger partial charge in [-0.25, -0.2) is 0 Å². The van der Waals surface area contributed by atoms with Crippen LogP contribution in [0.2, 0.25) is 0 Å². The highest BCUT2D eigenvalue weighted by molar-refractivity contribution is 7.08. The average molecular weight is 211 g/mol. The maximum atomic E-state index is 10.5. The zero-order valence-electron chi connectivity index (χ0n) is 7.25. The quantitative estimate of drug-likeness (QED) is 0.724. The molecular weight excluding hydrogens is 202 g/mol. The Kier molecular flexibility index (Phi) is 3.77. The molecule has 0 aliphatic heterocycles. The van der Waals surface area contributed by atoms with Gasteiger partial charge in [0.15, 0.2) is 6.29 Å². The van der Waals surface area contributed by atoms with E-state index in [-0.39, 0.29) is 6.42 Å². The standard InChI is InChI=1S/C9H9NO3S/c10-2-1-8(12)9(13)7-5-14-4-6(7)3-11/h3-5,8-9,12-13H,1H2. The smallest absolute Gasteiger partial charge is 0.151 e. The Morgan fingerprint density at radius 1 is 1.57 bits per heavy atom. The molecule has 0 amide bonds. The van der Waals surface area contributed by atoms with Gasteiger partial charge in [-0.15, -0.1) is 0 Å². The molecule has 0 fully saturated rings. The fourth-order valence-electron chi connectivity index (χ4n) is 1.07. The van der Waals surface area contributed by atoms with E-state index in [2.05, 4.69) is 0 Å². The lowest BCUT2D eigenvalue weighted by atomic mass is 10.0. The predicted molar refractivity (Wildman–Crippen MR) is 50.9 cm³/mol. The molecule has 2 unspecified atom stereocenters. The molecule has 2 atom stereocenters. The number of hydrogen-bond acceptors (Lipinski definition) is 5. The fourth-order valence-corrected chi connectivity index (χ4v) is 1.89. The SMILES string of the molecule is N#CCC(O)C(O)c1cscc1C=O. The summed E-state index contributed by atoms with van der Waals surface area (Å²) in [7, 11) is 0. The van der Waals surface area contributed by atoms with Gasteiger partial charge in [0.05, 0.1) is 18.6 Å². The monoisotopic (exact) mass is 211 g/mol. The summed E-state index contributed by atoms with van der Waals surface area (Å²) in [6, 6.07) is 1.75. The largest absolute Gasteiger partial charge is 0.389 e. The Morgan fingerprint density at radius 3 is 2.86 bits per heavy atom. The van der Waals surface area contributed by atoms with Crippen LogP contribution in [0.3, 0.4) is 0 Å². The Morgan fingerprint density at radius 2 is 2.29 bits per heavy atom. The van der Waals surface area contributed by atoms with E-state index in [4.69, 9.17) is 5.26 Å². The lowest BCUT2D eigenvalue weighted by Gasteiger charge is -2.14. The third-order valence-corrected chi connectivity index (χ3v) is 2.61. The molecule has 0 radical (unpaired) electrons. The summed E-state index contributed by atoms with van der Waals surface area (Å²) < 4.78 is 0. The van der Waals surface area contributed by atoms with Gasteiger partial charge < -0.3 is 10.2 Å². The number of rotatable bonds is 4. The van der Waals surface area contributed by atoms with Crippen LogP contribution in [0, 0.1) is 11.3 Å². The number of nitriles is 1. The second-order valence-electron chi connectivity index (χ2n) is 2.77. The zero-order chi connectivity index (χ0) is 10.6. The first-order valence-electron chi connectivity index (χ1n) is 3.95. The van der Waals surface area contributed by atoms with Crippen molar-refractivity contribution >= 4 is 17.6 Å². The Bertz CT molecular complexity index is 355. The second kappa shape index (κ2) is 4.86. The van der Waals surface area contributed by atoms with E-state index < -0.39 is 12.2 Å². The molecular formula is C9H9NO3S. The molecule has 0 saturated heterocycles. The van der Waals surface area contributed by atoms with Crippen LogP contribution in [0.1, 0.15) is 28.4 Å². The van der Waals surface area contributed by atoms with Crippen LogP contribution in [0.15, 0.2) is 10.8 Å². The molecule has 74 valence electrons. The maximum Gasteiger partial charge on any atom is 0.151 e. The molecule has 1 heterocycles. The third kappa shape index (κ3) is 2.17. The first-order valence-corrected chi connectivity index (χ1v) is 4.89. The Balaban J connectivity index is 2.83. The third-order valence-electron chi connectivity index (χ3n) is 1.83. The highest BCUT2D eigenvalue weighted by Gasteiger charge is 2.21. The predicted octanol–water partition coefficient (Wildman–Crippen LogP) is 0.869. The van der Waals surface area contributed by atoms with Gasteiger partial charge in [-0.2, -0.15) is 16.6 Å². The molecule has 14 heavy (non-hydrogen) atoms. The molecule has 4 nitrogen and oxygen atoms in total. The van der Waals surface area contributed by atoms with Crippen LogP contribution in [0.4, 0.5) is 0 Å². The van der Waals surface area contributed by atoms with Crippen LogP contribution in [0.25, 0.3) is 0 Å². The fraction of sp³-hybridized carbons (Fsp3) is 0.333. The molecule has 0 aromatic carbocycles. The van der Waals surface area contributed by atoms with Crippen molar-refractivity contribution < 1.29 is 15.0 Å². The van der Waals surface area contributed by atoms with E-state index in [0.29, 0.717) is 17.4 Å². The number of carbonyl (C=O) groups excluding carboxylic acids is 1. The number of aldehydes is 1. The lowest BCUT2D eigenvalue weighted by molar-refractivity contribution is 0.0215. The first-order chi connectivity index (χ1) is 6.70.